The van der Waals surface area contributed by atoms with Gasteiger partial charge in [0, 0.05) is 5.39 Å². The van der Waals surface area contributed by atoms with Gasteiger partial charge in [-0.3, -0.25) is 0 Å². The van der Waals surface area contributed by atoms with Gasteiger partial charge in [0.2, 0.25) is 0 Å². The summed E-state index contributed by atoms with van der Waals surface area (Å²) < 4.78 is 74.2. The normalized spacial score (nSPS) is 12.1. The molecule has 37 heavy (non-hydrogen) atoms. The molecule has 0 saturated carbocycles. The van der Waals surface area contributed by atoms with Gasteiger partial charge in [-0.15, -0.1) is 0 Å². The van der Waals surface area contributed by atoms with Gasteiger partial charge < -0.3 is 9.11 Å². The van der Waals surface area contributed by atoms with Crippen molar-refractivity contribution in [3.05, 3.63) is 35.4 Å². The van der Waals surface area contributed by atoms with Crippen LogP contribution in [0.3, 0.4) is 0 Å². The van der Waals surface area contributed by atoms with Gasteiger partial charge in [0.1, 0.15) is 20.2 Å². The molecular weight excluding hydrogens is 562 g/mol. The molecule has 0 heterocycles. The van der Waals surface area contributed by atoms with Crippen molar-refractivity contribution in [1.29, 1.82) is 0 Å². The second-order valence-corrected chi connectivity index (χ2v) is 12.4. The van der Waals surface area contributed by atoms with E-state index in [2.05, 4.69) is 13.8 Å². The Morgan fingerprint density at radius 1 is 0.541 bits per heavy atom. The van der Waals surface area contributed by atoms with Gasteiger partial charge in [-0.05, 0) is 42.2 Å². The van der Waals surface area contributed by atoms with Crippen LogP contribution in [0.15, 0.2) is 34.1 Å². The molecule has 2 rings (SSSR count). The summed E-state index contributed by atoms with van der Waals surface area (Å²) in [6, 6.07) is 6.48. The second-order valence-electron chi connectivity index (χ2n) is 9.81. The standard InChI is InChI=1S/C28H44O6S2.Zn/c1-3-5-7-9-11-13-15-19-23-24-20-17-18-22-26(24)28(36(32,33)34)27(35(29,30)31)25(23)21-16-14-12-10-8-6-4-2;/h17-18,20,22H,3-16,19,21H2,1-2H3,(H,29,30,31)(H,32,33,34);/q;+2/p-2. The molecule has 2 aromatic rings. The maximum Gasteiger partial charge on any atom is 2.00 e. The molecule has 0 fully saturated rings. The molecular formula is C28H42O6S2Zn. The summed E-state index contributed by atoms with van der Waals surface area (Å²) in [5.41, 5.74) is 0.935. The van der Waals surface area contributed by atoms with Crippen molar-refractivity contribution in [2.45, 2.75) is 126 Å². The van der Waals surface area contributed by atoms with Crippen molar-refractivity contribution in [3.8, 4) is 0 Å². The molecule has 0 amide bonds. The number of hydrogen-bond acceptors (Lipinski definition) is 6. The summed E-state index contributed by atoms with van der Waals surface area (Å²) in [5.74, 6) is 0. The van der Waals surface area contributed by atoms with E-state index in [0.29, 0.717) is 23.8 Å². The Balaban J connectivity index is 0.00000684. The average molecular weight is 604 g/mol. The molecule has 0 N–H and O–H groups in total. The summed E-state index contributed by atoms with van der Waals surface area (Å²) >= 11 is 0. The van der Waals surface area contributed by atoms with Crippen molar-refractivity contribution in [2.24, 2.45) is 0 Å². The zero-order valence-electron chi connectivity index (χ0n) is 22.6. The minimum absolute atomic E-state index is 0. The van der Waals surface area contributed by atoms with Crippen LogP contribution in [-0.4, -0.2) is 25.9 Å². The Bertz CT molecular complexity index is 1180. The van der Waals surface area contributed by atoms with Crippen LogP contribution in [0.25, 0.3) is 10.8 Å². The van der Waals surface area contributed by atoms with Crippen molar-refractivity contribution in [1.82, 2.24) is 0 Å². The van der Waals surface area contributed by atoms with Crippen molar-refractivity contribution < 1.29 is 45.4 Å². The fourth-order valence-electron chi connectivity index (χ4n) is 5.08. The molecule has 0 aliphatic heterocycles. The van der Waals surface area contributed by atoms with Crippen LogP contribution >= 0.6 is 0 Å². The van der Waals surface area contributed by atoms with Crippen LogP contribution in [0.5, 0.6) is 0 Å². The second kappa shape index (κ2) is 17.0. The van der Waals surface area contributed by atoms with E-state index in [1.165, 1.54) is 31.7 Å². The Kier molecular flexibility index (Phi) is 15.7. The van der Waals surface area contributed by atoms with Gasteiger partial charge in [0.05, 0.1) is 9.79 Å². The SMILES string of the molecule is CCCCCCCCCc1c(S(=O)(=O)[O-])c(S(=O)(=O)[O-])c2ccccc2c1CCCCCCCCC.[Zn+2]. The molecule has 0 aliphatic carbocycles. The number of benzene rings is 2. The smallest absolute Gasteiger partial charge is 0.744 e. The van der Waals surface area contributed by atoms with Gasteiger partial charge in [0.25, 0.3) is 0 Å². The number of fused-ring (bicyclic) bond motifs is 1. The quantitative estimate of drug-likeness (QED) is 0.101. The molecule has 0 atom stereocenters. The van der Waals surface area contributed by atoms with E-state index in [0.717, 1.165) is 57.8 Å². The molecule has 0 unspecified atom stereocenters. The molecule has 0 saturated heterocycles. The summed E-state index contributed by atoms with van der Waals surface area (Å²) in [7, 11) is -10.4. The van der Waals surface area contributed by atoms with Crippen LogP contribution in [0.2, 0.25) is 0 Å². The van der Waals surface area contributed by atoms with Crippen LogP contribution in [-0.2, 0) is 52.6 Å². The first kappa shape index (κ1) is 34.2. The third kappa shape index (κ3) is 10.7. The van der Waals surface area contributed by atoms with Gasteiger partial charge in [-0.1, -0.05) is 115 Å². The summed E-state index contributed by atoms with van der Waals surface area (Å²) in [5, 5.41) is 0.589. The number of rotatable bonds is 18. The van der Waals surface area contributed by atoms with Crippen LogP contribution < -0.4 is 0 Å². The van der Waals surface area contributed by atoms with E-state index < -0.39 is 30.0 Å². The van der Waals surface area contributed by atoms with E-state index in [9.17, 15) is 25.9 Å². The zero-order valence-corrected chi connectivity index (χ0v) is 27.2. The third-order valence-corrected chi connectivity index (χ3v) is 8.91. The molecule has 0 radical (unpaired) electrons. The van der Waals surface area contributed by atoms with E-state index >= 15 is 0 Å². The Hall–Kier alpha value is -0.857. The molecule has 0 bridgehead atoms. The number of hydrogen-bond donors (Lipinski definition) is 0. The van der Waals surface area contributed by atoms with Crippen LogP contribution in [0.1, 0.15) is 115 Å². The first-order chi connectivity index (χ1) is 17.1. The molecule has 0 aromatic heterocycles. The van der Waals surface area contributed by atoms with Crippen molar-refractivity contribution >= 4 is 31.0 Å². The molecule has 0 aliphatic rings. The fourth-order valence-corrected chi connectivity index (χ4v) is 7.36. The summed E-state index contributed by atoms with van der Waals surface area (Å²) in [4.78, 5) is -1.70. The maximum absolute atomic E-state index is 12.4. The van der Waals surface area contributed by atoms with E-state index in [-0.39, 0.29) is 36.8 Å². The predicted octanol–water partition coefficient (Wildman–Crippen LogP) is 7.23. The fraction of sp³-hybridized carbons (Fsp3) is 0.643. The monoisotopic (exact) mass is 602 g/mol. The topological polar surface area (TPSA) is 114 Å². The summed E-state index contributed by atoms with van der Waals surface area (Å²) in [6.45, 7) is 4.32. The molecule has 2 aromatic carbocycles. The van der Waals surface area contributed by atoms with E-state index in [1.807, 2.05) is 0 Å². The zero-order chi connectivity index (χ0) is 26.6. The van der Waals surface area contributed by atoms with Gasteiger partial charge in [-0.25, -0.2) is 16.8 Å². The molecule has 6 nitrogen and oxygen atoms in total. The Morgan fingerprint density at radius 2 is 0.919 bits per heavy atom. The molecule has 0 spiro atoms. The maximum atomic E-state index is 12.4. The minimum atomic E-state index is -5.20. The van der Waals surface area contributed by atoms with E-state index in [4.69, 9.17) is 0 Å². The minimum Gasteiger partial charge on any atom is -0.744 e. The first-order valence-electron chi connectivity index (χ1n) is 13.6. The van der Waals surface area contributed by atoms with Crippen LogP contribution in [0, 0.1) is 0 Å². The number of aryl methyl sites for hydroxylation is 1. The van der Waals surface area contributed by atoms with Crippen molar-refractivity contribution in [3.63, 3.8) is 0 Å². The average Bonchev–Trinajstić information content (AvgIpc) is 2.81. The largest absolute Gasteiger partial charge is 2.00 e. The molecule has 204 valence electrons. The Morgan fingerprint density at radius 3 is 1.35 bits per heavy atom. The third-order valence-electron chi connectivity index (χ3n) is 6.90. The van der Waals surface area contributed by atoms with E-state index in [1.54, 1.807) is 18.2 Å². The van der Waals surface area contributed by atoms with Crippen LogP contribution in [0.4, 0.5) is 0 Å². The summed E-state index contributed by atoms with van der Waals surface area (Å²) in [6.07, 6.45) is 15.4. The Labute approximate surface area is 237 Å². The van der Waals surface area contributed by atoms with Gasteiger partial charge in [0.15, 0.2) is 0 Å². The predicted molar refractivity (Wildman–Crippen MR) is 143 cm³/mol. The van der Waals surface area contributed by atoms with Gasteiger partial charge in [-0.2, -0.15) is 0 Å². The molecule has 9 heteroatoms. The van der Waals surface area contributed by atoms with Crippen molar-refractivity contribution in [2.75, 3.05) is 0 Å². The first-order valence-corrected chi connectivity index (χ1v) is 16.4. The number of unbranched alkanes of at least 4 members (excludes halogenated alkanes) is 12. The van der Waals surface area contributed by atoms with Gasteiger partial charge >= 0.3 is 19.5 Å².